The summed E-state index contributed by atoms with van der Waals surface area (Å²) >= 11 is 0. The van der Waals surface area contributed by atoms with Gasteiger partial charge in [-0.2, -0.15) is 0 Å². The molecule has 110 valence electrons. The second-order valence-corrected chi connectivity index (χ2v) is 8.64. The maximum Gasteiger partial charge on any atom is 0.0177 e. The molecule has 0 heterocycles. The van der Waals surface area contributed by atoms with Crippen molar-refractivity contribution in [2.24, 2.45) is 22.7 Å². The van der Waals surface area contributed by atoms with Gasteiger partial charge in [0.25, 0.3) is 0 Å². The summed E-state index contributed by atoms with van der Waals surface area (Å²) in [5.41, 5.74) is 1.12. The van der Waals surface area contributed by atoms with Crippen molar-refractivity contribution in [3.8, 4) is 0 Å². The third kappa shape index (κ3) is 2.26. The van der Waals surface area contributed by atoms with Gasteiger partial charge in [-0.05, 0) is 67.6 Å². The number of fused-ring (bicyclic) bond motifs is 2. The van der Waals surface area contributed by atoms with Crippen LogP contribution in [-0.2, 0) is 0 Å². The summed E-state index contributed by atoms with van der Waals surface area (Å²) in [6, 6.07) is 1.57. The molecule has 0 amide bonds. The van der Waals surface area contributed by atoms with E-state index >= 15 is 0 Å². The lowest BCUT2D eigenvalue weighted by molar-refractivity contribution is 0.0889. The van der Waals surface area contributed by atoms with Gasteiger partial charge in [0.05, 0.1) is 0 Å². The van der Waals surface area contributed by atoms with Crippen LogP contribution in [0.1, 0.15) is 79.1 Å². The van der Waals surface area contributed by atoms with Crippen molar-refractivity contribution in [3.63, 3.8) is 0 Å². The van der Waals surface area contributed by atoms with Gasteiger partial charge < -0.3 is 5.32 Å². The molecule has 3 saturated carbocycles. The smallest absolute Gasteiger partial charge is 0.0177 e. The molecule has 3 fully saturated rings. The minimum atomic E-state index is 0.522. The lowest BCUT2D eigenvalue weighted by Crippen LogP contribution is -2.54. The van der Waals surface area contributed by atoms with E-state index < -0.39 is 0 Å². The van der Waals surface area contributed by atoms with Gasteiger partial charge in [-0.1, -0.05) is 34.1 Å². The second kappa shape index (κ2) is 4.76. The Bertz CT molecular complexity index is 322. The Labute approximate surface area is 119 Å². The van der Waals surface area contributed by atoms with E-state index in [4.69, 9.17) is 0 Å². The highest BCUT2D eigenvalue weighted by Gasteiger charge is 2.59. The predicted molar refractivity (Wildman–Crippen MR) is 82.2 cm³/mol. The highest BCUT2D eigenvalue weighted by atomic mass is 15.0. The molecule has 3 rings (SSSR count). The minimum Gasteiger partial charge on any atom is -0.310 e. The lowest BCUT2D eigenvalue weighted by Gasteiger charge is -2.46. The molecule has 1 heteroatoms. The Morgan fingerprint density at radius 1 is 1.00 bits per heavy atom. The fraction of sp³-hybridized carbons (Fsp3) is 1.00. The first-order chi connectivity index (χ1) is 8.95. The SMILES string of the molecule is CCC1CCC(NC2C3(C)CCC(C3)C2(C)C)CC1. The van der Waals surface area contributed by atoms with Gasteiger partial charge in [0.2, 0.25) is 0 Å². The largest absolute Gasteiger partial charge is 0.310 e. The van der Waals surface area contributed by atoms with Crippen LogP contribution in [0.3, 0.4) is 0 Å². The fourth-order valence-corrected chi connectivity index (χ4v) is 5.69. The van der Waals surface area contributed by atoms with E-state index in [1.54, 1.807) is 0 Å². The molecule has 3 aliphatic carbocycles. The van der Waals surface area contributed by atoms with Crippen molar-refractivity contribution < 1.29 is 0 Å². The third-order valence-electron chi connectivity index (χ3n) is 7.10. The Hall–Kier alpha value is -0.0400. The van der Waals surface area contributed by atoms with E-state index in [0.717, 1.165) is 23.9 Å². The van der Waals surface area contributed by atoms with Crippen LogP contribution in [0, 0.1) is 22.7 Å². The molecule has 0 saturated heterocycles. The first-order valence-electron chi connectivity index (χ1n) is 8.72. The number of hydrogen-bond donors (Lipinski definition) is 1. The molecule has 0 aromatic carbocycles. The van der Waals surface area contributed by atoms with Crippen LogP contribution in [0.25, 0.3) is 0 Å². The highest BCUT2D eigenvalue weighted by molar-refractivity contribution is 5.12. The summed E-state index contributed by atoms with van der Waals surface area (Å²) in [6.07, 6.45) is 11.6. The molecule has 19 heavy (non-hydrogen) atoms. The van der Waals surface area contributed by atoms with Gasteiger partial charge in [0, 0.05) is 12.1 Å². The van der Waals surface area contributed by atoms with Gasteiger partial charge in [-0.25, -0.2) is 0 Å². The van der Waals surface area contributed by atoms with E-state index in [1.165, 1.54) is 51.4 Å². The molecule has 1 N–H and O–H groups in total. The van der Waals surface area contributed by atoms with Crippen molar-refractivity contribution in [1.29, 1.82) is 0 Å². The molecule has 3 unspecified atom stereocenters. The highest BCUT2D eigenvalue weighted by Crippen LogP contribution is 2.62. The summed E-state index contributed by atoms with van der Waals surface area (Å²) in [4.78, 5) is 0. The molecule has 2 bridgehead atoms. The summed E-state index contributed by atoms with van der Waals surface area (Å²) < 4.78 is 0. The van der Waals surface area contributed by atoms with Crippen molar-refractivity contribution in [1.82, 2.24) is 5.32 Å². The average molecular weight is 263 g/mol. The summed E-state index contributed by atoms with van der Waals surface area (Å²) in [5.74, 6) is 1.99. The molecule has 3 aliphatic rings. The molecule has 1 nitrogen and oxygen atoms in total. The summed E-state index contributed by atoms with van der Waals surface area (Å²) in [5, 5.41) is 4.12. The van der Waals surface area contributed by atoms with Crippen LogP contribution in [0.2, 0.25) is 0 Å². The predicted octanol–water partition coefficient (Wildman–Crippen LogP) is 4.76. The molecule has 3 atom stereocenters. The lowest BCUT2D eigenvalue weighted by atomic mass is 9.68. The number of rotatable bonds is 3. The molecule has 0 aliphatic heterocycles. The number of hydrogen-bond acceptors (Lipinski definition) is 1. The van der Waals surface area contributed by atoms with Crippen molar-refractivity contribution in [2.45, 2.75) is 91.1 Å². The number of nitrogens with one attached hydrogen (secondary N) is 1. The van der Waals surface area contributed by atoms with Gasteiger partial charge >= 0.3 is 0 Å². The van der Waals surface area contributed by atoms with Crippen LogP contribution in [0.15, 0.2) is 0 Å². The van der Waals surface area contributed by atoms with E-state index in [2.05, 4.69) is 33.0 Å². The zero-order valence-electron chi connectivity index (χ0n) is 13.5. The van der Waals surface area contributed by atoms with Crippen molar-refractivity contribution >= 4 is 0 Å². The molecule has 0 aromatic rings. The third-order valence-corrected chi connectivity index (χ3v) is 7.10. The molecular formula is C18H33N. The normalized spacial score (nSPS) is 48.6. The van der Waals surface area contributed by atoms with Crippen LogP contribution in [0.5, 0.6) is 0 Å². The Balaban J connectivity index is 1.64. The van der Waals surface area contributed by atoms with E-state index in [1.807, 2.05) is 0 Å². The first kappa shape index (κ1) is 13.9. The summed E-state index contributed by atoms with van der Waals surface area (Å²) in [7, 11) is 0. The quantitative estimate of drug-likeness (QED) is 0.774. The Kier molecular flexibility index (Phi) is 3.48. The molecule has 0 spiro atoms. The molecular weight excluding hydrogens is 230 g/mol. The topological polar surface area (TPSA) is 12.0 Å². The minimum absolute atomic E-state index is 0.522. The second-order valence-electron chi connectivity index (χ2n) is 8.64. The van der Waals surface area contributed by atoms with E-state index in [-0.39, 0.29) is 0 Å². The fourth-order valence-electron chi connectivity index (χ4n) is 5.69. The van der Waals surface area contributed by atoms with Crippen molar-refractivity contribution in [2.75, 3.05) is 0 Å². The monoisotopic (exact) mass is 263 g/mol. The van der Waals surface area contributed by atoms with Crippen molar-refractivity contribution in [3.05, 3.63) is 0 Å². The van der Waals surface area contributed by atoms with Crippen LogP contribution >= 0.6 is 0 Å². The van der Waals surface area contributed by atoms with Crippen LogP contribution in [-0.4, -0.2) is 12.1 Å². The first-order valence-corrected chi connectivity index (χ1v) is 8.72. The van der Waals surface area contributed by atoms with Crippen LogP contribution < -0.4 is 5.32 Å². The average Bonchev–Trinajstić information content (AvgIpc) is 2.87. The maximum absolute atomic E-state index is 4.12. The summed E-state index contributed by atoms with van der Waals surface area (Å²) in [6.45, 7) is 9.96. The van der Waals surface area contributed by atoms with Crippen LogP contribution in [0.4, 0.5) is 0 Å². The Morgan fingerprint density at radius 2 is 1.68 bits per heavy atom. The zero-order chi connectivity index (χ0) is 13.7. The Morgan fingerprint density at radius 3 is 2.21 bits per heavy atom. The maximum atomic E-state index is 4.12. The van der Waals surface area contributed by atoms with Gasteiger partial charge in [-0.15, -0.1) is 0 Å². The molecule has 0 aromatic heterocycles. The van der Waals surface area contributed by atoms with E-state index in [9.17, 15) is 0 Å². The van der Waals surface area contributed by atoms with Gasteiger partial charge in [0.15, 0.2) is 0 Å². The standard InChI is InChI=1S/C18H33N/c1-5-13-6-8-15(9-7-13)19-16-17(2,3)14-10-11-18(16,4)12-14/h13-16,19H,5-12H2,1-4H3. The van der Waals surface area contributed by atoms with Gasteiger partial charge in [0.1, 0.15) is 0 Å². The zero-order valence-corrected chi connectivity index (χ0v) is 13.5. The molecule has 0 radical (unpaired) electrons. The van der Waals surface area contributed by atoms with E-state index in [0.29, 0.717) is 10.8 Å². The van der Waals surface area contributed by atoms with Gasteiger partial charge in [-0.3, -0.25) is 0 Å².